The minimum Gasteiger partial charge on any atom is -0.333 e. The van der Waals surface area contributed by atoms with Crippen molar-refractivity contribution in [1.29, 1.82) is 0 Å². The molecule has 1 atom stereocenters. The molecule has 1 unspecified atom stereocenters. The highest BCUT2D eigenvalue weighted by Gasteiger charge is 2.26. The standard InChI is InChI=1S/C57H44N2/c1-4-57(2,3)40-15-13-14-38(32-40)43-28-24-36-27-31-50-44(29-25-37-26-30-49(43)55(36)56(37)50)39-33-41(58-51-20-9-5-16-45(51)46-17-6-10-21-52(46)58)35-42(34-39)59-53-22-11-7-18-47(53)48-19-8-12-23-54(48)59/h5-33,35,42H,4,34H2,1-3H3. The lowest BCUT2D eigenvalue weighted by molar-refractivity contribution is 0.506. The van der Waals surface area contributed by atoms with Crippen molar-refractivity contribution in [3.8, 4) is 11.1 Å². The molecule has 2 heterocycles. The maximum absolute atomic E-state index is 2.60. The first-order chi connectivity index (χ1) is 29.0. The Morgan fingerprint density at radius 1 is 0.508 bits per heavy atom. The lowest BCUT2D eigenvalue weighted by Crippen LogP contribution is -2.15. The van der Waals surface area contributed by atoms with Crippen LogP contribution in [0.3, 0.4) is 0 Å². The van der Waals surface area contributed by atoms with E-state index in [1.807, 2.05) is 0 Å². The Kier molecular flexibility index (Phi) is 7.41. The fraction of sp³-hybridized carbons (Fsp3) is 0.123. The van der Waals surface area contributed by atoms with E-state index in [-0.39, 0.29) is 11.5 Å². The number of rotatable bonds is 6. The minimum absolute atomic E-state index is 0.0829. The zero-order valence-electron chi connectivity index (χ0n) is 33.7. The third-order valence-corrected chi connectivity index (χ3v) is 13.8. The van der Waals surface area contributed by atoms with E-state index in [0.717, 1.165) is 12.8 Å². The molecule has 9 aromatic carbocycles. The SMILES string of the molecule is CCC(C)(C)c1cccc(-c2ccc3ccc4c(C5=CC(n6c7ccccc7c7ccccc76)=CC(n6c7ccccc7c7ccccc76)C5)ccc5ccc2c3c54)c1. The number of nitrogens with zero attached hydrogens (tertiary/aromatic N) is 2. The molecule has 0 fully saturated rings. The number of fused-ring (bicyclic) bond motifs is 6. The van der Waals surface area contributed by atoms with E-state index in [9.17, 15) is 0 Å². The number of allylic oxidation sites excluding steroid dienone is 4. The molecule has 1 aliphatic carbocycles. The van der Waals surface area contributed by atoms with Crippen LogP contribution in [0.4, 0.5) is 0 Å². The fourth-order valence-corrected chi connectivity index (χ4v) is 10.4. The third kappa shape index (κ3) is 5.06. The summed E-state index contributed by atoms with van der Waals surface area (Å²) in [7, 11) is 0. The normalized spacial score (nSPS) is 15.1. The molecule has 0 amide bonds. The molecule has 0 radical (unpaired) electrons. The quantitative estimate of drug-likeness (QED) is 0.150. The number of hydrogen-bond donors (Lipinski definition) is 0. The molecule has 0 aliphatic heterocycles. The van der Waals surface area contributed by atoms with Crippen LogP contribution in [0.25, 0.3) is 98.3 Å². The summed E-state index contributed by atoms with van der Waals surface area (Å²) in [6, 6.07) is 63.8. The predicted molar refractivity (Wildman–Crippen MR) is 254 cm³/mol. The lowest BCUT2D eigenvalue weighted by atomic mass is 9.80. The van der Waals surface area contributed by atoms with Gasteiger partial charge in [-0.05, 0) is 115 Å². The van der Waals surface area contributed by atoms with Crippen LogP contribution in [0.1, 0.15) is 50.8 Å². The molecule has 2 nitrogen and oxygen atoms in total. The summed E-state index contributed by atoms with van der Waals surface area (Å²) in [6.07, 6.45) is 6.98. The molecule has 59 heavy (non-hydrogen) atoms. The summed E-state index contributed by atoms with van der Waals surface area (Å²) >= 11 is 0. The first-order valence-corrected chi connectivity index (χ1v) is 21.2. The Morgan fingerprint density at radius 3 is 1.61 bits per heavy atom. The highest BCUT2D eigenvalue weighted by atomic mass is 15.0. The first-order valence-electron chi connectivity index (χ1n) is 21.2. The summed E-state index contributed by atoms with van der Waals surface area (Å²) in [5.41, 5.74) is 13.0. The van der Waals surface area contributed by atoms with Crippen LogP contribution < -0.4 is 0 Å². The zero-order valence-corrected chi connectivity index (χ0v) is 33.7. The van der Waals surface area contributed by atoms with E-state index in [0.29, 0.717) is 0 Å². The minimum atomic E-state index is 0.0829. The number of aromatic nitrogens is 2. The molecule has 12 rings (SSSR count). The van der Waals surface area contributed by atoms with Crippen molar-refractivity contribution < 1.29 is 0 Å². The van der Waals surface area contributed by atoms with Crippen LogP contribution in [0.5, 0.6) is 0 Å². The van der Waals surface area contributed by atoms with Crippen LogP contribution in [0, 0.1) is 0 Å². The van der Waals surface area contributed by atoms with Gasteiger partial charge in [-0.2, -0.15) is 0 Å². The van der Waals surface area contributed by atoms with Crippen molar-refractivity contribution in [1.82, 2.24) is 9.13 Å². The Bertz CT molecular complexity index is 3440. The number of para-hydroxylation sites is 4. The second-order valence-electron chi connectivity index (χ2n) is 17.3. The maximum Gasteiger partial charge on any atom is 0.0586 e. The van der Waals surface area contributed by atoms with Crippen molar-refractivity contribution in [3.63, 3.8) is 0 Å². The molecular formula is C57H44N2. The van der Waals surface area contributed by atoms with E-state index in [1.165, 1.54) is 109 Å². The molecule has 2 aromatic heterocycles. The molecule has 11 aromatic rings. The van der Waals surface area contributed by atoms with Crippen LogP contribution in [0.15, 0.2) is 182 Å². The zero-order chi connectivity index (χ0) is 39.4. The lowest BCUT2D eigenvalue weighted by Gasteiger charge is -2.27. The van der Waals surface area contributed by atoms with E-state index < -0.39 is 0 Å². The molecule has 0 saturated carbocycles. The van der Waals surface area contributed by atoms with Gasteiger partial charge >= 0.3 is 0 Å². The van der Waals surface area contributed by atoms with E-state index in [4.69, 9.17) is 0 Å². The molecular weight excluding hydrogens is 713 g/mol. The predicted octanol–water partition coefficient (Wildman–Crippen LogP) is 15.7. The first kappa shape index (κ1) is 34.2. The summed E-state index contributed by atoms with van der Waals surface area (Å²) in [6.45, 7) is 6.99. The van der Waals surface area contributed by atoms with E-state index >= 15 is 0 Å². The Labute approximate surface area is 344 Å². The van der Waals surface area contributed by atoms with E-state index in [1.54, 1.807) is 0 Å². The van der Waals surface area contributed by atoms with Gasteiger partial charge in [0.05, 0.1) is 17.1 Å². The largest absolute Gasteiger partial charge is 0.333 e. The Morgan fingerprint density at radius 2 is 1.02 bits per heavy atom. The van der Waals surface area contributed by atoms with Crippen molar-refractivity contribution >= 4 is 87.2 Å². The smallest absolute Gasteiger partial charge is 0.0586 e. The number of hydrogen-bond acceptors (Lipinski definition) is 0. The molecule has 0 saturated heterocycles. The van der Waals surface area contributed by atoms with Crippen molar-refractivity contribution in [2.45, 2.75) is 45.1 Å². The molecule has 0 bridgehead atoms. The van der Waals surface area contributed by atoms with Gasteiger partial charge in [-0.1, -0.05) is 166 Å². The van der Waals surface area contributed by atoms with Gasteiger partial charge in [0.15, 0.2) is 0 Å². The van der Waals surface area contributed by atoms with Crippen LogP contribution in [-0.2, 0) is 5.41 Å². The molecule has 2 heteroatoms. The fourth-order valence-electron chi connectivity index (χ4n) is 10.4. The van der Waals surface area contributed by atoms with E-state index in [2.05, 4.69) is 212 Å². The molecule has 1 aliphatic rings. The molecule has 282 valence electrons. The van der Waals surface area contributed by atoms with Gasteiger partial charge in [-0.25, -0.2) is 0 Å². The van der Waals surface area contributed by atoms with Gasteiger partial charge in [-0.15, -0.1) is 0 Å². The number of benzene rings is 9. The summed E-state index contributed by atoms with van der Waals surface area (Å²) < 4.78 is 5.10. The highest BCUT2D eigenvalue weighted by molar-refractivity contribution is 6.27. The van der Waals surface area contributed by atoms with Crippen molar-refractivity contribution in [2.24, 2.45) is 0 Å². The second kappa shape index (κ2) is 12.8. The van der Waals surface area contributed by atoms with Crippen LogP contribution in [-0.4, -0.2) is 9.13 Å². The van der Waals surface area contributed by atoms with Gasteiger partial charge in [0.25, 0.3) is 0 Å². The van der Waals surface area contributed by atoms with Gasteiger partial charge in [0, 0.05) is 38.3 Å². The van der Waals surface area contributed by atoms with Crippen LogP contribution in [0.2, 0.25) is 0 Å². The third-order valence-electron chi connectivity index (χ3n) is 13.8. The summed E-state index contributed by atoms with van der Waals surface area (Å²) in [5, 5.41) is 13.1. The van der Waals surface area contributed by atoms with Gasteiger partial charge in [0.2, 0.25) is 0 Å². The topological polar surface area (TPSA) is 9.86 Å². The Hall–Kier alpha value is -6.90. The summed E-state index contributed by atoms with van der Waals surface area (Å²) in [5.74, 6) is 0. The van der Waals surface area contributed by atoms with Crippen LogP contribution >= 0.6 is 0 Å². The maximum atomic E-state index is 2.60. The molecule has 0 spiro atoms. The second-order valence-corrected chi connectivity index (χ2v) is 17.3. The molecule has 0 N–H and O–H groups in total. The van der Waals surface area contributed by atoms with Crippen molar-refractivity contribution in [2.75, 3.05) is 0 Å². The monoisotopic (exact) mass is 756 g/mol. The van der Waals surface area contributed by atoms with Crippen molar-refractivity contribution in [3.05, 3.63) is 193 Å². The van der Waals surface area contributed by atoms with Gasteiger partial charge < -0.3 is 9.13 Å². The highest BCUT2D eigenvalue weighted by Crippen LogP contribution is 2.46. The Balaban J connectivity index is 1.11. The average molecular weight is 757 g/mol. The van der Waals surface area contributed by atoms with Gasteiger partial charge in [-0.3, -0.25) is 0 Å². The average Bonchev–Trinajstić information content (AvgIpc) is 3.81. The van der Waals surface area contributed by atoms with Gasteiger partial charge in [0.1, 0.15) is 0 Å². The summed E-state index contributed by atoms with van der Waals surface area (Å²) in [4.78, 5) is 0.